The molecule has 0 atom stereocenters. The number of rotatable bonds is 2. The van der Waals surface area contributed by atoms with Gasteiger partial charge in [-0.2, -0.15) is 5.10 Å². The second-order valence-electron chi connectivity index (χ2n) is 3.57. The number of nitrogen functional groups attached to an aromatic ring is 1. The van der Waals surface area contributed by atoms with Crippen molar-refractivity contribution in [1.29, 1.82) is 0 Å². The van der Waals surface area contributed by atoms with Gasteiger partial charge in [-0.3, -0.25) is 9.48 Å². The van der Waals surface area contributed by atoms with Crippen LogP contribution in [0.5, 0.6) is 0 Å². The lowest BCUT2D eigenvalue weighted by Gasteiger charge is -2.06. The smallest absolute Gasteiger partial charge is 0.256 e. The summed E-state index contributed by atoms with van der Waals surface area (Å²) in [4.78, 5) is 11.9. The molecule has 17 heavy (non-hydrogen) atoms. The third-order valence-electron chi connectivity index (χ3n) is 2.24. The number of hydrogen-bond acceptors (Lipinski definition) is 3. The fourth-order valence-corrected chi connectivity index (χ4v) is 1.67. The van der Waals surface area contributed by atoms with E-state index >= 15 is 0 Å². The molecule has 0 fully saturated rings. The highest BCUT2D eigenvalue weighted by Crippen LogP contribution is 2.17. The maximum absolute atomic E-state index is 11.9. The Morgan fingerprint density at radius 1 is 1.47 bits per heavy atom. The van der Waals surface area contributed by atoms with Gasteiger partial charge >= 0.3 is 0 Å². The van der Waals surface area contributed by atoms with E-state index in [1.807, 2.05) is 0 Å². The number of aryl methyl sites for hydroxylation is 1. The first kappa shape index (κ1) is 11.5. The van der Waals surface area contributed by atoms with Gasteiger partial charge in [0, 0.05) is 29.4 Å². The van der Waals surface area contributed by atoms with Crippen LogP contribution in [0.3, 0.4) is 0 Å². The van der Waals surface area contributed by atoms with Gasteiger partial charge in [-0.15, -0.1) is 0 Å². The highest BCUT2D eigenvalue weighted by molar-refractivity contribution is 6.31. The molecular weight excluding hydrogens is 240 g/mol. The molecule has 6 heteroatoms. The van der Waals surface area contributed by atoms with Crippen molar-refractivity contribution in [3.05, 3.63) is 41.0 Å². The Hall–Kier alpha value is -2.01. The van der Waals surface area contributed by atoms with Crippen LogP contribution in [0.15, 0.2) is 30.5 Å². The molecule has 2 rings (SSSR count). The molecule has 0 aliphatic heterocycles. The summed E-state index contributed by atoms with van der Waals surface area (Å²) in [7, 11) is 1.74. The summed E-state index contributed by atoms with van der Waals surface area (Å²) in [6, 6.07) is 6.41. The second-order valence-corrected chi connectivity index (χ2v) is 4.00. The highest BCUT2D eigenvalue weighted by atomic mass is 35.5. The Kier molecular flexibility index (Phi) is 3.01. The van der Waals surface area contributed by atoms with Gasteiger partial charge in [0.05, 0.1) is 6.20 Å². The van der Waals surface area contributed by atoms with Crippen molar-refractivity contribution in [1.82, 2.24) is 9.78 Å². The molecule has 1 aromatic carbocycles. The van der Waals surface area contributed by atoms with E-state index in [1.54, 1.807) is 42.2 Å². The van der Waals surface area contributed by atoms with Crippen LogP contribution in [-0.2, 0) is 7.05 Å². The molecule has 1 heterocycles. The molecule has 0 bridgehead atoms. The quantitative estimate of drug-likeness (QED) is 0.800. The summed E-state index contributed by atoms with van der Waals surface area (Å²) in [5.74, 6) is 0.330. The highest BCUT2D eigenvalue weighted by Gasteiger charge is 2.09. The Labute approximate surface area is 103 Å². The number of carbonyl (C=O) groups excluding carboxylic acids is 1. The third-order valence-corrected chi connectivity index (χ3v) is 2.46. The van der Waals surface area contributed by atoms with Crippen molar-refractivity contribution >= 4 is 29.0 Å². The SMILES string of the molecule is Cn1nccc1NC(=O)c1cc(N)cc(Cl)c1. The lowest BCUT2D eigenvalue weighted by molar-refractivity contribution is 0.102. The molecule has 1 aromatic heterocycles. The average molecular weight is 251 g/mol. The zero-order valence-electron chi connectivity index (χ0n) is 9.14. The van der Waals surface area contributed by atoms with E-state index in [9.17, 15) is 4.79 Å². The molecule has 0 saturated heterocycles. The Morgan fingerprint density at radius 2 is 2.24 bits per heavy atom. The third kappa shape index (κ3) is 2.57. The number of nitrogens with two attached hydrogens (primary N) is 1. The van der Waals surface area contributed by atoms with Crippen LogP contribution < -0.4 is 11.1 Å². The zero-order chi connectivity index (χ0) is 12.4. The maximum atomic E-state index is 11.9. The number of carbonyl (C=O) groups is 1. The summed E-state index contributed by atoms with van der Waals surface area (Å²) in [5, 5.41) is 7.09. The molecule has 0 aliphatic carbocycles. The van der Waals surface area contributed by atoms with Gasteiger partial charge in [0.1, 0.15) is 5.82 Å². The van der Waals surface area contributed by atoms with Gasteiger partial charge in [0.25, 0.3) is 5.91 Å². The van der Waals surface area contributed by atoms with Crippen LogP contribution in [0.4, 0.5) is 11.5 Å². The summed E-state index contributed by atoms with van der Waals surface area (Å²) < 4.78 is 1.56. The molecule has 88 valence electrons. The molecule has 2 aromatic rings. The van der Waals surface area contributed by atoms with Crippen LogP contribution in [-0.4, -0.2) is 15.7 Å². The van der Waals surface area contributed by atoms with Gasteiger partial charge in [-0.1, -0.05) is 11.6 Å². The topological polar surface area (TPSA) is 72.9 Å². The number of benzene rings is 1. The zero-order valence-corrected chi connectivity index (χ0v) is 9.90. The summed E-state index contributed by atoms with van der Waals surface area (Å²) in [6.07, 6.45) is 1.60. The average Bonchev–Trinajstić information content (AvgIpc) is 2.63. The van der Waals surface area contributed by atoms with Gasteiger partial charge in [0.15, 0.2) is 0 Å². The van der Waals surface area contributed by atoms with E-state index in [1.165, 1.54) is 0 Å². The van der Waals surface area contributed by atoms with Gasteiger partial charge in [-0.25, -0.2) is 0 Å². The number of nitrogens with zero attached hydrogens (tertiary/aromatic N) is 2. The molecule has 1 amide bonds. The van der Waals surface area contributed by atoms with Crippen molar-refractivity contribution < 1.29 is 4.79 Å². The summed E-state index contributed by atoms with van der Waals surface area (Å²) >= 11 is 5.83. The van der Waals surface area contributed by atoms with Crippen LogP contribution in [0.25, 0.3) is 0 Å². The van der Waals surface area contributed by atoms with Crippen LogP contribution in [0.2, 0.25) is 5.02 Å². The standard InChI is InChI=1S/C11H11ClN4O/c1-16-10(2-3-14-16)15-11(17)7-4-8(12)6-9(13)5-7/h2-6H,13H2,1H3,(H,15,17). The minimum atomic E-state index is -0.275. The molecule has 0 unspecified atom stereocenters. The van der Waals surface area contributed by atoms with Gasteiger partial charge in [0.2, 0.25) is 0 Å². The first-order valence-electron chi connectivity index (χ1n) is 4.91. The van der Waals surface area contributed by atoms with E-state index in [0.29, 0.717) is 22.1 Å². The molecule has 5 nitrogen and oxygen atoms in total. The second kappa shape index (κ2) is 4.47. The minimum absolute atomic E-state index is 0.275. The van der Waals surface area contributed by atoms with E-state index in [-0.39, 0.29) is 5.91 Å². The van der Waals surface area contributed by atoms with E-state index in [0.717, 1.165) is 0 Å². The van der Waals surface area contributed by atoms with E-state index in [2.05, 4.69) is 10.4 Å². The van der Waals surface area contributed by atoms with Crippen LogP contribution in [0, 0.1) is 0 Å². The lowest BCUT2D eigenvalue weighted by atomic mass is 10.2. The van der Waals surface area contributed by atoms with Crippen molar-refractivity contribution in [2.75, 3.05) is 11.1 Å². The van der Waals surface area contributed by atoms with Crippen molar-refractivity contribution in [3.8, 4) is 0 Å². The van der Waals surface area contributed by atoms with Crippen molar-refractivity contribution in [2.45, 2.75) is 0 Å². The fraction of sp³-hybridized carbons (Fsp3) is 0.0909. The Balaban J connectivity index is 2.23. The van der Waals surface area contributed by atoms with E-state index < -0.39 is 0 Å². The van der Waals surface area contributed by atoms with Crippen LogP contribution >= 0.6 is 11.6 Å². The predicted octanol–water partition coefficient (Wildman–Crippen LogP) is 1.91. The molecule has 0 radical (unpaired) electrons. The number of halogens is 1. The Bertz CT molecular complexity index is 544. The van der Waals surface area contributed by atoms with Crippen LogP contribution in [0.1, 0.15) is 10.4 Å². The molecular formula is C11H11ClN4O. The van der Waals surface area contributed by atoms with Crippen molar-refractivity contribution in [2.24, 2.45) is 7.05 Å². The molecule has 0 saturated carbocycles. The number of hydrogen-bond donors (Lipinski definition) is 2. The minimum Gasteiger partial charge on any atom is -0.399 e. The summed E-state index contributed by atoms with van der Waals surface area (Å²) in [6.45, 7) is 0. The van der Waals surface area contributed by atoms with Gasteiger partial charge in [-0.05, 0) is 18.2 Å². The first-order chi connectivity index (χ1) is 8.06. The number of nitrogens with one attached hydrogen (secondary N) is 1. The number of amides is 1. The fourth-order valence-electron chi connectivity index (χ4n) is 1.43. The largest absolute Gasteiger partial charge is 0.399 e. The van der Waals surface area contributed by atoms with E-state index in [4.69, 9.17) is 17.3 Å². The molecule has 0 spiro atoms. The first-order valence-corrected chi connectivity index (χ1v) is 5.29. The predicted molar refractivity (Wildman–Crippen MR) is 67.0 cm³/mol. The number of anilines is 2. The molecule has 0 aliphatic rings. The monoisotopic (exact) mass is 250 g/mol. The lowest BCUT2D eigenvalue weighted by Crippen LogP contribution is -2.14. The number of aromatic nitrogens is 2. The van der Waals surface area contributed by atoms with Crippen molar-refractivity contribution in [3.63, 3.8) is 0 Å². The summed E-state index contributed by atoms with van der Waals surface area (Å²) in [5.41, 5.74) is 6.48. The van der Waals surface area contributed by atoms with Gasteiger partial charge < -0.3 is 11.1 Å². The normalized spacial score (nSPS) is 10.2. The Morgan fingerprint density at radius 3 is 2.82 bits per heavy atom. The maximum Gasteiger partial charge on any atom is 0.256 e. The molecule has 3 N–H and O–H groups in total.